The lowest BCUT2D eigenvalue weighted by molar-refractivity contribution is -0.137. The van der Waals surface area contributed by atoms with Crippen molar-refractivity contribution in [2.75, 3.05) is 18.5 Å². The van der Waals surface area contributed by atoms with E-state index in [-0.39, 0.29) is 24.5 Å². The zero-order chi connectivity index (χ0) is 17.9. The summed E-state index contributed by atoms with van der Waals surface area (Å²) < 4.78 is 5.48. The average Bonchev–Trinajstić information content (AvgIpc) is 2.55. The quantitative estimate of drug-likeness (QED) is 0.736. The number of ketones is 1. The van der Waals surface area contributed by atoms with Crippen LogP contribution in [0.4, 0.5) is 5.69 Å². The molecule has 1 aliphatic heterocycles. The molecule has 128 valence electrons. The van der Waals surface area contributed by atoms with Gasteiger partial charge >= 0.3 is 5.97 Å². The van der Waals surface area contributed by atoms with Gasteiger partial charge in [0, 0.05) is 25.5 Å². The number of nitrogens with one attached hydrogen (secondary N) is 1. The molecule has 1 aromatic rings. The van der Waals surface area contributed by atoms with Gasteiger partial charge in [-0.05, 0) is 25.1 Å². The predicted octanol–water partition coefficient (Wildman–Crippen LogP) is 0.594. The highest BCUT2D eigenvalue weighted by atomic mass is 16.5. The number of ether oxygens (including phenoxy) is 1. The van der Waals surface area contributed by atoms with E-state index in [1.54, 1.807) is 32.2 Å². The van der Waals surface area contributed by atoms with Gasteiger partial charge in [0.15, 0.2) is 11.9 Å². The Morgan fingerprint density at radius 1 is 1.29 bits per heavy atom. The summed E-state index contributed by atoms with van der Waals surface area (Å²) in [5.74, 6) is -1.62. The van der Waals surface area contributed by atoms with Crippen LogP contribution in [0.3, 0.4) is 0 Å². The molecule has 0 saturated heterocycles. The van der Waals surface area contributed by atoms with Gasteiger partial charge < -0.3 is 20.1 Å². The first-order valence-corrected chi connectivity index (χ1v) is 7.39. The number of carbonyl (C=O) groups is 4. The van der Waals surface area contributed by atoms with E-state index < -0.39 is 24.5 Å². The number of Topliss-reactive ketones (excluding diaryl/α,β-unsaturated/α-hetero) is 1. The number of carboxylic acids is 1. The molecule has 0 bridgehead atoms. The number of carbonyl (C=O) groups excluding carboxylic acids is 3. The van der Waals surface area contributed by atoms with Gasteiger partial charge in [-0.15, -0.1) is 0 Å². The van der Waals surface area contributed by atoms with Crippen molar-refractivity contribution in [3.05, 3.63) is 23.8 Å². The SMILES string of the molecule is CC1Oc2ccc(C(=O)CCC(=O)NCC(=O)O)cc2N(C)C1=O. The Labute approximate surface area is 138 Å². The Morgan fingerprint density at radius 2 is 2.00 bits per heavy atom. The zero-order valence-electron chi connectivity index (χ0n) is 13.4. The van der Waals surface area contributed by atoms with E-state index in [1.165, 1.54) is 4.90 Å². The first-order chi connectivity index (χ1) is 11.3. The van der Waals surface area contributed by atoms with Gasteiger partial charge in [-0.2, -0.15) is 0 Å². The summed E-state index contributed by atoms with van der Waals surface area (Å²) in [6, 6.07) is 4.75. The molecule has 0 spiro atoms. The molecule has 8 nitrogen and oxygen atoms in total. The second-order valence-corrected chi connectivity index (χ2v) is 5.43. The van der Waals surface area contributed by atoms with Crippen LogP contribution >= 0.6 is 0 Å². The minimum absolute atomic E-state index is 0.0564. The summed E-state index contributed by atoms with van der Waals surface area (Å²) in [5.41, 5.74) is 0.858. The van der Waals surface area contributed by atoms with Gasteiger partial charge in [0.1, 0.15) is 12.3 Å². The highest BCUT2D eigenvalue weighted by molar-refractivity contribution is 6.03. The van der Waals surface area contributed by atoms with E-state index >= 15 is 0 Å². The van der Waals surface area contributed by atoms with E-state index in [4.69, 9.17) is 9.84 Å². The molecule has 2 N–H and O–H groups in total. The third kappa shape index (κ3) is 3.89. The number of benzene rings is 1. The van der Waals surface area contributed by atoms with Crippen LogP contribution < -0.4 is 15.0 Å². The standard InChI is InChI=1S/C16H18N2O6/c1-9-16(23)18(2)11-7-10(3-5-13(11)24-9)12(19)4-6-14(20)17-8-15(21)22/h3,5,7,9H,4,6,8H2,1-2H3,(H,17,20)(H,21,22). The third-order valence-electron chi connectivity index (χ3n) is 3.64. The number of anilines is 1. The fourth-order valence-electron chi connectivity index (χ4n) is 2.32. The first-order valence-electron chi connectivity index (χ1n) is 7.39. The van der Waals surface area contributed by atoms with Crippen molar-refractivity contribution in [1.29, 1.82) is 0 Å². The fourth-order valence-corrected chi connectivity index (χ4v) is 2.32. The van der Waals surface area contributed by atoms with Gasteiger partial charge in [0.2, 0.25) is 5.91 Å². The number of hydrogen-bond donors (Lipinski definition) is 2. The summed E-state index contributed by atoms with van der Waals surface area (Å²) in [5, 5.41) is 10.7. The van der Waals surface area contributed by atoms with Crippen molar-refractivity contribution in [3.63, 3.8) is 0 Å². The van der Waals surface area contributed by atoms with Crippen LogP contribution in [-0.4, -0.2) is 48.4 Å². The molecule has 0 aliphatic carbocycles. The summed E-state index contributed by atoms with van der Waals surface area (Å²) in [6.07, 6.45) is -0.744. The van der Waals surface area contributed by atoms with E-state index in [0.29, 0.717) is 17.0 Å². The van der Waals surface area contributed by atoms with Gasteiger partial charge in [0.05, 0.1) is 5.69 Å². The van der Waals surface area contributed by atoms with E-state index in [1.807, 2.05) is 0 Å². The molecule has 1 unspecified atom stereocenters. The molecule has 8 heteroatoms. The molecule has 0 aromatic heterocycles. The second kappa shape index (κ2) is 7.12. The molecular weight excluding hydrogens is 316 g/mol. The van der Waals surface area contributed by atoms with Crippen LogP contribution in [0.5, 0.6) is 5.75 Å². The molecule has 24 heavy (non-hydrogen) atoms. The number of fused-ring (bicyclic) bond motifs is 1. The molecule has 0 fully saturated rings. The molecule has 1 atom stereocenters. The summed E-state index contributed by atoms with van der Waals surface area (Å²) >= 11 is 0. The van der Waals surface area contributed by atoms with Gasteiger partial charge in [-0.25, -0.2) is 0 Å². The van der Waals surface area contributed by atoms with Crippen molar-refractivity contribution < 1.29 is 29.0 Å². The number of likely N-dealkylation sites (N-methyl/N-ethyl adjacent to an activating group) is 1. The molecule has 0 radical (unpaired) electrons. The zero-order valence-corrected chi connectivity index (χ0v) is 13.4. The number of amides is 2. The Morgan fingerprint density at radius 3 is 2.67 bits per heavy atom. The number of hydrogen-bond acceptors (Lipinski definition) is 5. The lowest BCUT2D eigenvalue weighted by atomic mass is 10.0. The monoisotopic (exact) mass is 334 g/mol. The van der Waals surface area contributed by atoms with Crippen molar-refractivity contribution in [2.24, 2.45) is 0 Å². The molecule has 2 amide bonds. The van der Waals surface area contributed by atoms with Crippen LogP contribution in [0, 0.1) is 0 Å². The summed E-state index contributed by atoms with van der Waals surface area (Å²) in [4.78, 5) is 47.3. The van der Waals surface area contributed by atoms with Crippen LogP contribution in [0.1, 0.15) is 30.1 Å². The van der Waals surface area contributed by atoms with E-state index in [2.05, 4.69) is 5.32 Å². The van der Waals surface area contributed by atoms with Crippen molar-refractivity contribution in [3.8, 4) is 5.75 Å². The first kappa shape index (κ1) is 17.5. The normalized spacial score (nSPS) is 16.2. The summed E-state index contributed by atoms with van der Waals surface area (Å²) in [7, 11) is 1.60. The lowest BCUT2D eigenvalue weighted by Gasteiger charge is -2.30. The average molecular weight is 334 g/mol. The molecule has 1 heterocycles. The predicted molar refractivity (Wildman–Crippen MR) is 84.2 cm³/mol. The van der Waals surface area contributed by atoms with Crippen LogP contribution in [0.25, 0.3) is 0 Å². The van der Waals surface area contributed by atoms with E-state index in [0.717, 1.165) is 0 Å². The molecule has 1 aromatic carbocycles. The van der Waals surface area contributed by atoms with Crippen LogP contribution in [0.2, 0.25) is 0 Å². The maximum atomic E-state index is 12.2. The Hall–Kier alpha value is -2.90. The Bertz CT molecular complexity index is 700. The number of carboxylic acid groups (broad SMARTS) is 1. The molecule has 1 aliphatic rings. The largest absolute Gasteiger partial charge is 0.480 e. The lowest BCUT2D eigenvalue weighted by Crippen LogP contribution is -2.42. The van der Waals surface area contributed by atoms with Crippen molar-refractivity contribution >= 4 is 29.3 Å². The third-order valence-corrected chi connectivity index (χ3v) is 3.64. The number of nitrogens with zero attached hydrogens (tertiary/aromatic N) is 1. The minimum atomic E-state index is -1.15. The minimum Gasteiger partial charge on any atom is -0.480 e. The highest BCUT2D eigenvalue weighted by Crippen LogP contribution is 2.34. The smallest absolute Gasteiger partial charge is 0.322 e. The van der Waals surface area contributed by atoms with Crippen molar-refractivity contribution in [2.45, 2.75) is 25.9 Å². The Balaban J connectivity index is 2.02. The second-order valence-electron chi connectivity index (χ2n) is 5.43. The maximum Gasteiger partial charge on any atom is 0.322 e. The van der Waals surface area contributed by atoms with Crippen molar-refractivity contribution in [1.82, 2.24) is 5.32 Å². The number of rotatable bonds is 6. The molecule has 0 saturated carbocycles. The summed E-state index contributed by atoms with van der Waals surface area (Å²) in [6.45, 7) is 1.17. The van der Waals surface area contributed by atoms with E-state index in [9.17, 15) is 19.2 Å². The van der Waals surface area contributed by atoms with Crippen LogP contribution in [-0.2, 0) is 14.4 Å². The van der Waals surface area contributed by atoms with Gasteiger partial charge in [0.25, 0.3) is 5.91 Å². The maximum absolute atomic E-state index is 12.2. The number of aliphatic carboxylic acids is 1. The highest BCUT2D eigenvalue weighted by Gasteiger charge is 2.29. The fraction of sp³-hybridized carbons (Fsp3) is 0.375. The van der Waals surface area contributed by atoms with Gasteiger partial charge in [-0.3, -0.25) is 19.2 Å². The molecule has 2 rings (SSSR count). The molecular formula is C16H18N2O6. The topological polar surface area (TPSA) is 113 Å². The van der Waals surface area contributed by atoms with Gasteiger partial charge in [-0.1, -0.05) is 0 Å². The van der Waals surface area contributed by atoms with Crippen LogP contribution in [0.15, 0.2) is 18.2 Å². The Kier molecular flexibility index (Phi) is 5.18.